The van der Waals surface area contributed by atoms with Crippen molar-refractivity contribution in [3.05, 3.63) is 0 Å². The second-order valence-electron chi connectivity index (χ2n) is 4.09. The monoisotopic (exact) mass is 216 g/mol. The summed E-state index contributed by atoms with van der Waals surface area (Å²) in [7, 11) is 0. The van der Waals surface area contributed by atoms with Gasteiger partial charge in [-0.2, -0.15) is 11.8 Å². The van der Waals surface area contributed by atoms with Gasteiger partial charge in [0.25, 0.3) is 0 Å². The summed E-state index contributed by atoms with van der Waals surface area (Å²) < 4.78 is 0. The van der Waals surface area contributed by atoms with Crippen LogP contribution < -0.4 is 5.73 Å². The minimum Gasteiger partial charge on any atom is -0.409 e. The molecule has 1 unspecified atom stereocenters. The molecule has 1 saturated carbocycles. The average Bonchev–Trinajstić information content (AvgIpc) is 2.67. The van der Waals surface area contributed by atoms with Crippen molar-refractivity contribution < 1.29 is 5.21 Å². The van der Waals surface area contributed by atoms with Crippen LogP contribution in [0.1, 0.15) is 39.0 Å². The lowest BCUT2D eigenvalue weighted by Crippen LogP contribution is -2.17. The van der Waals surface area contributed by atoms with Crippen molar-refractivity contribution in [3.8, 4) is 0 Å². The van der Waals surface area contributed by atoms with Gasteiger partial charge in [0.2, 0.25) is 0 Å². The summed E-state index contributed by atoms with van der Waals surface area (Å²) in [5.74, 6) is 2.49. The molecule has 0 aliphatic heterocycles. The summed E-state index contributed by atoms with van der Waals surface area (Å²) in [5.41, 5.74) is 5.44. The van der Waals surface area contributed by atoms with Crippen LogP contribution in [0.15, 0.2) is 5.16 Å². The summed E-state index contributed by atoms with van der Waals surface area (Å²) in [6, 6.07) is 0. The fourth-order valence-electron chi connectivity index (χ4n) is 1.87. The third-order valence-corrected chi connectivity index (χ3v) is 4.12. The molecule has 1 atom stereocenters. The predicted octanol–water partition coefficient (Wildman–Crippen LogP) is 2.43. The van der Waals surface area contributed by atoms with Gasteiger partial charge in [-0.1, -0.05) is 24.9 Å². The lowest BCUT2D eigenvalue weighted by Gasteiger charge is -2.13. The second-order valence-corrected chi connectivity index (χ2v) is 5.56. The highest BCUT2D eigenvalue weighted by atomic mass is 32.2. The molecule has 0 aromatic rings. The predicted molar refractivity (Wildman–Crippen MR) is 61.9 cm³/mol. The van der Waals surface area contributed by atoms with Crippen molar-refractivity contribution in [3.63, 3.8) is 0 Å². The van der Waals surface area contributed by atoms with E-state index in [4.69, 9.17) is 10.9 Å². The van der Waals surface area contributed by atoms with Crippen LogP contribution in [0.3, 0.4) is 0 Å². The van der Waals surface area contributed by atoms with Crippen LogP contribution in [0.5, 0.6) is 0 Å². The molecule has 0 aromatic heterocycles. The number of thioether (sulfide) groups is 1. The number of hydrogen-bond acceptors (Lipinski definition) is 3. The van der Waals surface area contributed by atoms with Gasteiger partial charge in [0, 0.05) is 11.7 Å². The number of amidine groups is 1. The molecule has 0 radical (unpaired) electrons. The molecule has 0 bridgehead atoms. The Labute approximate surface area is 90.1 Å². The fourth-order valence-corrected chi connectivity index (χ4v) is 3.09. The Hall–Kier alpha value is -0.380. The van der Waals surface area contributed by atoms with E-state index in [-0.39, 0.29) is 0 Å². The second kappa shape index (κ2) is 6.17. The molecular weight excluding hydrogens is 196 g/mol. The SMILES string of the molecule is CC(CC(N)=NO)SCC1CCCC1. The number of rotatable bonds is 5. The first-order valence-corrected chi connectivity index (χ1v) is 6.35. The van der Waals surface area contributed by atoms with Gasteiger partial charge in [-0.05, 0) is 24.5 Å². The number of nitrogens with two attached hydrogens (primary N) is 1. The highest BCUT2D eigenvalue weighted by molar-refractivity contribution is 7.99. The van der Waals surface area contributed by atoms with Gasteiger partial charge in [-0.25, -0.2) is 0 Å². The Bertz CT molecular complexity index is 191. The van der Waals surface area contributed by atoms with Gasteiger partial charge in [0.15, 0.2) is 0 Å². The molecule has 3 N–H and O–H groups in total. The summed E-state index contributed by atoms with van der Waals surface area (Å²) >= 11 is 1.95. The zero-order valence-electron chi connectivity index (χ0n) is 8.78. The summed E-state index contributed by atoms with van der Waals surface area (Å²) in [6.45, 7) is 2.14. The summed E-state index contributed by atoms with van der Waals surface area (Å²) in [6.07, 6.45) is 6.28. The zero-order chi connectivity index (χ0) is 10.4. The van der Waals surface area contributed by atoms with E-state index in [1.807, 2.05) is 11.8 Å². The number of hydrogen-bond donors (Lipinski definition) is 2. The average molecular weight is 216 g/mol. The third-order valence-electron chi connectivity index (χ3n) is 2.72. The van der Waals surface area contributed by atoms with Crippen LogP contribution in [0.4, 0.5) is 0 Å². The Balaban J connectivity index is 2.10. The van der Waals surface area contributed by atoms with Crippen LogP contribution >= 0.6 is 11.8 Å². The van der Waals surface area contributed by atoms with Crippen LogP contribution in [0, 0.1) is 5.92 Å². The lowest BCUT2D eigenvalue weighted by molar-refractivity contribution is 0.317. The zero-order valence-corrected chi connectivity index (χ0v) is 9.59. The van der Waals surface area contributed by atoms with Crippen LogP contribution in [-0.2, 0) is 0 Å². The maximum absolute atomic E-state index is 8.42. The minimum absolute atomic E-state index is 0.344. The van der Waals surface area contributed by atoms with Gasteiger partial charge in [0.05, 0.1) is 0 Å². The van der Waals surface area contributed by atoms with Crippen LogP contribution in [0.2, 0.25) is 0 Å². The Kier molecular flexibility index (Phi) is 5.15. The molecule has 0 amide bonds. The van der Waals surface area contributed by atoms with E-state index in [9.17, 15) is 0 Å². The van der Waals surface area contributed by atoms with E-state index in [0.29, 0.717) is 17.5 Å². The van der Waals surface area contributed by atoms with Gasteiger partial charge >= 0.3 is 0 Å². The quantitative estimate of drug-likeness (QED) is 0.321. The van der Waals surface area contributed by atoms with Crippen LogP contribution in [-0.4, -0.2) is 22.0 Å². The number of oxime groups is 1. The van der Waals surface area contributed by atoms with E-state index in [2.05, 4.69) is 12.1 Å². The first kappa shape index (κ1) is 11.7. The molecule has 0 saturated heterocycles. The van der Waals surface area contributed by atoms with Gasteiger partial charge in [-0.15, -0.1) is 0 Å². The normalized spacial score (nSPS) is 21.4. The maximum Gasteiger partial charge on any atom is 0.140 e. The van der Waals surface area contributed by atoms with Crippen molar-refractivity contribution in [2.45, 2.75) is 44.3 Å². The highest BCUT2D eigenvalue weighted by Gasteiger charge is 2.16. The molecule has 1 fully saturated rings. The van der Waals surface area contributed by atoms with Crippen molar-refractivity contribution >= 4 is 17.6 Å². The molecule has 4 heteroatoms. The molecule has 82 valence electrons. The molecule has 1 aliphatic rings. The lowest BCUT2D eigenvalue weighted by atomic mass is 10.1. The highest BCUT2D eigenvalue weighted by Crippen LogP contribution is 2.29. The van der Waals surface area contributed by atoms with Crippen molar-refractivity contribution in [1.82, 2.24) is 0 Å². The maximum atomic E-state index is 8.42. The first-order chi connectivity index (χ1) is 6.72. The Morgan fingerprint density at radius 1 is 1.57 bits per heavy atom. The summed E-state index contributed by atoms with van der Waals surface area (Å²) in [5, 5.41) is 11.9. The van der Waals surface area contributed by atoms with Crippen molar-refractivity contribution in [2.24, 2.45) is 16.8 Å². The Morgan fingerprint density at radius 2 is 2.21 bits per heavy atom. The van der Waals surface area contributed by atoms with E-state index in [1.165, 1.54) is 31.4 Å². The standard InChI is InChI=1S/C10H20N2OS/c1-8(6-10(11)12-13)14-7-9-4-2-3-5-9/h8-9,13H,2-7H2,1H3,(H2,11,12). The minimum atomic E-state index is 0.344. The van der Waals surface area contributed by atoms with Crippen molar-refractivity contribution in [2.75, 3.05) is 5.75 Å². The Morgan fingerprint density at radius 3 is 2.79 bits per heavy atom. The third kappa shape index (κ3) is 4.22. The molecule has 1 aliphatic carbocycles. The molecular formula is C10H20N2OS. The fraction of sp³-hybridized carbons (Fsp3) is 0.900. The van der Waals surface area contributed by atoms with Gasteiger partial charge < -0.3 is 10.9 Å². The van der Waals surface area contributed by atoms with E-state index in [1.54, 1.807) is 0 Å². The smallest absolute Gasteiger partial charge is 0.140 e. The molecule has 14 heavy (non-hydrogen) atoms. The molecule has 1 rings (SSSR count). The van der Waals surface area contributed by atoms with E-state index in [0.717, 1.165) is 5.92 Å². The van der Waals surface area contributed by atoms with Gasteiger partial charge in [-0.3, -0.25) is 0 Å². The van der Waals surface area contributed by atoms with E-state index < -0.39 is 0 Å². The van der Waals surface area contributed by atoms with Crippen molar-refractivity contribution in [1.29, 1.82) is 0 Å². The van der Waals surface area contributed by atoms with Gasteiger partial charge in [0.1, 0.15) is 5.84 Å². The first-order valence-electron chi connectivity index (χ1n) is 5.30. The van der Waals surface area contributed by atoms with Crippen LogP contribution in [0.25, 0.3) is 0 Å². The topological polar surface area (TPSA) is 58.6 Å². The molecule has 0 heterocycles. The van der Waals surface area contributed by atoms with E-state index >= 15 is 0 Å². The molecule has 3 nitrogen and oxygen atoms in total. The number of nitrogens with zero attached hydrogens (tertiary/aromatic N) is 1. The largest absolute Gasteiger partial charge is 0.409 e. The molecule has 0 spiro atoms. The summed E-state index contributed by atoms with van der Waals surface area (Å²) in [4.78, 5) is 0. The molecule has 0 aromatic carbocycles.